The molecule has 0 aliphatic rings. The summed E-state index contributed by atoms with van der Waals surface area (Å²) < 4.78 is 104. The number of hydrogen-bond donors (Lipinski definition) is 4. The minimum atomic E-state index is -4.46. The van der Waals surface area contributed by atoms with Gasteiger partial charge in [-0.1, -0.05) is 32.9 Å². The summed E-state index contributed by atoms with van der Waals surface area (Å²) in [5.74, 6) is -0.850. The lowest BCUT2D eigenvalue weighted by atomic mass is 10.4. The number of ether oxygens (including phenoxy) is 6. The topological polar surface area (TPSA) is 323 Å². The van der Waals surface area contributed by atoms with Gasteiger partial charge in [0.25, 0.3) is 0 Å². The second kappa shape index (κ2) is 48.7. The third-order valence-corrected chi connectivity index (χ3v) is 17.1. The van der Waals surface area contributed by atoms with Gasteiger partial charge < -0.3 is 82.6 Å². The zero-order valence-corrected chi connectivity index (χ0v) is 51.5. The molecule has 0 saturated carbocycles. The van der Waals surface area contributed by atoms with Gasteiger partial charge in [-0.05, 0) is 53.2 Å². The van der Waals surface area contributed by atoms with Gasteiger partial charge in [-0.2, -0.15) is 0 Å². The minimum absolute atomic E-state index is 0.212. The van der Waals surface area contributed by atoms with E-state index in [-0.39, 0.29) is 24.8 Å². The number of phosphoric acid groups is 2. The number of hydrogen-bond acceptors (Lipinski definition) is 22. The summed E-state index contributed by atoms with van der Waals surface area (Å²) in [6, 6.07) is 1.22. The van der Waals surface area contributed by atoms with Crippen LogP contribution in [0.15, 0.2) is 73.4 Å². The van der Waals surface area contributed by atoms with Gasteiger partial charge in [0.1, 0.15) is 12.0 Å². The predicted octanol–water partition coefficient (Wildman–Crippen LogP) is 3.99. The maximum Gasteiger partial charge on any atom is 0.528 e. The summed E-state index contributed by atoms with van der Waals surface area (Å²) >= 11 is 0. The van der Waals surface area contributed by atoms with Crippen LogP contribution in [0.1, 0.15) is 47.5 Å². The maximum absolute atomic E-state index is 11.1. The van der Waals surface area contributed by atoms with Crippen LogP contribution in [0, 0.1) is 0 Å². The fourth-order valence-corrected chi connectivity index (χ4v) is 9.47. The molecule has 0 aliphatic heterocycles. The lowest BCUT2D eigenvalue weighted by molar-refractivity contribution is -0.140. The summed E-state index contributed by atoms with van der Waals surface area (Å²) in [6.07, 6.45) is 3.11. The highest BCUT2D eigenvalue weighted by Crippen LogP contribution is 2.36. The van der Waals surface area contributed by atoms with Gasteiger partial charge in [0.05, 0.1) is 56.1 Å². The lowest BCUT2D eigenvalue weighted by Gasteiger charge is -2.24. The van der Waals surface area contributed by atoms with Crippen molar-refractivity contribution < 1.29 is 120 Å². The second-order valence-electron chi connectivity index (χ2n) is 12.7. The molecule has 0 aliphatic carbocycles. The molecule has 0 aromatic heterocycles. The standard InChI is InChI=1S/C10H20O5Si.C9H18O5Si.C8H18O3Si.C6H11O6P.C5H12O3Si.C2H5O4P/c1-9(2)10(11)15-7-6-8-16(12-3,13-4)14-5;1-5-9(10)14-7-6-8-15(11-2,12-3)13-4;1-4-9-7(10-5-2)8(12)11-6-3;1-5(2)6(7)11-3-4-12-13(8,9)10;1-5-9(6-2,7-3)8-4;1-2-6-7(3,4)5/h1,6-8H2,2-5H3;5H,1,6-8H2,2-4H3;4-6H2,1-3,12H3;1,3-4H2,2H3,(H2,8,9,10);5H,1H2,2-4H3;2H,1H2,(H2,3,4,5). The van der Waals surface area contributed by atoms with E-state index in [1.54, 1.807) is 76.6 Å². The molecular formula is C40H84O26P2Si4. The maximum atomic E-state index is 11.1. The quantitative estimate of drug-likeness (QED) is 0.0137. The second-order valence-corrected chi connectivity index (χ2v) is 25.0. The van der Waals surface area contributed by atoms with Crippen molar-refractivity contribution in [2.75, 3.05) is 110 Å². The van der Waals surface area contributed by atoms with Crippen LogP contribution in [-0.2, 0) is 101 Å². The molecule has 0 atom stereocenters. The van der Waals surface area contributed by atoms with Crippen LogP contribution in [0.3, 0.4) is 0 Å². The molecule has 26 nitrogen and oxygen atoms in total. The molecule has 0 aromatic rings. The lowest BCUT2D eigenvalue weighted by Crippen LogP contribution is -2.42. The monoisotopic (exact) mass is 1150 g/mol. The summed E-state index contributed by atoms with van der Waals surface area (Å²) in [4.78, 5) is 64.6. The molecule has 0 spiro atoms. The Morgan fingerprint density at radius 3 is 1.14 bits per heavy atom. The van der Waals surface area contributed by atoms with Crippen LogP contribution in [0.4, 0.5) is 0 Å². The molecule has 0 bridgehead atoms. The number of carbonyl (C=O) groups excluding carboxylic acids is 3. The first kappa shape index (κ1) is 80.2. The van der Waals surface area contributed by atoms with Crippen molar-refractivity contribution in [3.63, 3.8) is 0 Å². The Morgan fingerprint density at radius 1 is 0.542 bits per heavy atom. The van der Waals surface area contributed by atoms with Gasteiger partial charge in [0.2, 0.25) is 0 Å². The summed E-state index contributed by atoms with van der Waals surface area (Å²) in [5, 5.41) is 0.848. The molecule has 0 rings (SSSR count). The highest BCUT2D eigenvalue weighted by atomic mass is 31.2. The van der Waals surface area contributed by atoms with Gasteiger partial charge >= 0.3 is 65.9 Å². The summed E-state index contributed by atoms with van der Waals surface area (Å²) in [5.41, 5.74) is 2.19. The molecule has 0 aromatic carbocycles. The van der Waals surface area contributed by atoms with Crippen molar-refractivity contribution in [2.45, 2.75) is 59.5 Å². The van der Waals surface area contributed by atoms with Crippen molar-refractivity contribution in [3.05, 3.63) is 73.4 Å². The van der Waals surface area contributed by atoms with E-state index in [4.69, 9.17) is 83.1 Å². The number of rotatable bonds is 33. The average Bonchev–Trinajstić information content (AvgIpc) is 3.34. The molecule has 0 heterocycles. The van der Waals surface area contributed by atoms with E-state index < -0.39 is 54.0 Å². The molecule has 72 heavy (non-hydrogen) atoms. The Bertz CT molecular complexity index is 1580. The fraction of sp³-hybridized carbons (Fsp3) is 0.625. The Kier molecular flexibility index (Phi) is 54.3. The molecule has 0 fully saturated rings. The van der Waals surface area contributed by atoms with E-state index in [0.29, 0.717) is 75.7 Å². The van der Waals surface area contributed by atoms with E-state index >= 15 is 0 Å². The molecule has 0 unspecified atom stereocenters. The molecule has 32 heteroatoms. The van der Waals surface area contributed by atoms with Crippen LogP contribution < -0.4 is 0 Å². The number of carbonyl (C=O) groups is 3. The predicted molar refractivity (Wildman–Crippen MR) is 275 cm³/mol. The van der Waals surface area contributed by atoms with Gasteiger partial charge in [0, 0.05) is 93.3 Å². The molecule has 4 N–H and O–H groups in total. The first-order valence-corrected chi connectivity index (χ1v) is 30.9. The van der Waals surface area contributed by atoms with Gasteiger partial charge in [-0.15, -0.1) is 0 Å². The van der Waals surface area contributed by atoms with Crippen molar-refractivity contribution in [2.24, 2.45) is 0 Å². The van der Waals surface area contributed by atoms with Crippen molar-refractivity contribution in [1.29, 1.82) is 0 Å². The van der Waals surface area contributed by atoms with E-state index in [1.807, 2.05) is 20.8 Å². The molecular weight excluding hydrogens is 1070 g/mol. The van der Waals surface area contributed by atoms with Crippen molar-refractivity contribution in [3.8, 4) is 0 Å². The number of phosphoric ester groups is 2. The number of esters is 3. The molecule has 426 valence electrons. The van der Waals surface area contributed by atoms with Gasteiger partial charge in [-0.3, -0.25) is 14.3 Å². The van der Waals surface area contributed by atoms with Crippen LogP contribution in [-0.4, -0.2) is 184 Å². The summed E-state index contributed by atoms with van der Waals surface area (Å²) in [7, 11) is -1.46. The first-order valence-electron chi connectivity index (χ1n) is 21.2. The van der Waals surface area contributed by atoms with Gasteiger partial charge in [-0.25, -0.2) is 23.5 Å². The Balaban J connectivity index is -0.000000185. The smallest absolute Gasteiger partial charge is 0.497 e. The zero-order chi connectivity index (χ0) is 57.5. The molecule has 0 amide bonds. The largest absolute Gasteiger partial charge is 0.528 e. The van der Waals surface area contributed by atoms with Crippen LogP contribution in [0.5, 0.6) is 0 Å². The van der Waals surface area contributed by atoms with E-state index in [9.17, 15) is 23.5 Å². The zero-order valence-electron chi connectivity index (χ0n) is 44.7. The SMILES string of the molecule is C=C(C)C(=O)OCCC[Si](OC)(OC)OC.C=C(C)C(=O)OCCOP(=O)(O)O.C=CC(=O)OCCC[Si](OC)(OC)OC.C=COP(=O)(O)O.C=C[Si](OC)(OC)OC.CCOC([SiH3])=C(OCC)OCC. The fourth-order valence-electron chi connectivity index (χ4n) is 4.00. The molecule has 0 saturated heterocycles. The van der Waals surface area contributed by atoms with Crippen molar-refractivity contribution >= 4 is 70.2 Å². The Morgan fingerprint density at radius 2 is 0.903 bits per heavy atom. The first-order chi connectivity index (χ1) is 33.5. The van der Waals surface area contributed by atoms with Gasteiger partial charge in [0.15, 0.2) is 0 Å². The highest BCUT2D eigenvalue weighted by Gasteiger charge is 2.38. The third-order valence-electron chi connectivity index (χ3n) is 7.55. The normalized spacial score (nSPS) is 10.8. The molecule has 0 radical (unpaired) electrons. The van der Waals surface area contributed by atoms with Crippen LogP contribution in [0.25, 0.3) is 0 Å². The van der Waals surface area contributed by atoms with Crippen LogP contribution >= 0.6 is 15.6 Å². The summed E-state index contributed by atoms with van der Waals surface area (Å²) in [6.45, 7) is 27.4. The van der Waals surface area contributed by atoms with Crippen LogP contribution in [0.2, 0.25) is 12.1 Å². The Labute approximate surface area is 432 Å². The third kappa shape index (κ3) is 47.8. The van der Waals surface area contributed by atoms with E-state index in [1.165, 1.54) is 6.92 Å². The highest BCUT2D eigenvalue weighted by molar-refractivity contribution is 7.46. The Hall–Kier alpha value is -3.18. The minimum Gasteiger partial charge on any atom is -0.497 e. The van der Waals surface area contributed by atoms with Crippen molar-refractivity contribution in [1.82, 2.24) is 0 Å². The average molecular weight is 1160 g/mol. The van der Waals surface area contributed by atoms with E-state index in [0.717, 1.165) is 21.7 Å². The van der Waals surface area contributed by atoms with E-state index in [2.05, 4.69) is 46.7 Å².